The number of ether oxygens (including phenoxy) is 10. The Labute approximate surface area is 486 Å². The Morgan fingerprint density at radius 2 is 0.795 bits per heavy atom. The molecule has 6 rings (SSSR count). The van der Waals surface area contributed by atoms with Gasteiger partial charge in [-0.3, -0.25) is 43.2 Å². The van der Waals surface area contributed by atoms with Crippen molar-refractivity contribution in [2.45, 2.75) is 107 Å². The summed E-state index contributed by atoms with van der Waals surface area (Å²) < 4.78 is 53.1. The first-order chi connectivity index (χ1) is 40.0. The van der Waals surface area contributed by atoms with Crippen molar-refractivity contribution in [3.63, 3.8) is 0 Å². The predicted molar refractivity (Wildman–Crippen MR) is 290 cm³/mol. The molecule has 0 unspecified atom stereocenters. The zero-order chi connectivity index (χ0) is 59.7. The summed E-state index contributed by atoms with van der Waals surface area (Å²) in [6.45, 7) is 4.14. The van der Waals surface area contributed by atoms with Crippen molar-refractivity contribution < 1.29 is 95.3 Å². The van der Waals surface area contributed by atoms with Crippen LogP contribution in [0.25, 0.3) is 0 Å². The Kier molecular flexibility index (Phi) is 25.2. The molecule has 2 saturated carbocycles. The topological polar surface area (TPSA) is 311 Å². The Balaban J connectivity index is 0.904. The molecule has 1 heterocycles. The van der Waals surface area contributed by atoms with Crippen molar-refractivity contribution >= 4 is 83.2 Å². The molecule has 0 aromatic heterocycles. The van der Waals surface area contributed by atoms with Gasteiger partial charge in [0.05, 0.1) is 76.6 Å². The number of nitrogens with zero attached hydrogens (tertiary/aromatic N) is 2. The summed E-state index contributed by atoms with van der Waals surface area (Å²) in [5.41, 5.74) is 1.44. The molecule has 0 N–H and O–H groups in total. The monoisotopic (exact) mass is 1180 g/mol. The van der Waals surface area contributed by atoms with Crippen LogP contribution in [0.2, 0.25) is 0 Å². The maximum Gasteiger partial charge on any atom is 0.330 e. The third-order valence-electron chi connectivity index (χ3n) is 13.1. The van der Waals surface area contributed by atoms with Gasteiger partial charge in [-0.1, -0.05) is 54.4 Å². The molecule has 3 aliphatic rings. The van der Waals surface area contributed by atoms with E-state index in [2.05, 4.69) is 11.3 Å². The molecular weight excluding hydrogens is 1120 g/mol. The van der Waals surface area contributed by atoms with Crippen molar-refractivity contribution in [3.05, 3.63) is 94.3 Å². The summed E-state index contributed by atoms with van der Waals surface area (Å²) >= 11 is 2.09. The number of hydrogen-bond donors (Lipinski definition) is 0. The smallest absolute Gasteiger partial charge is 0.330 e. The van der Waals surface area contributed by atoms with Crippen molar-refractivity contribution in [3.8, 4) is 35.1 Å². The van der Waals surface area contributed by atoms with Crippen molar-refractivity contribution in [2.75, 3.05) is 39.6 Å². The zero-order valence-corrected chi connectivity index (χ0v) is 47.0. The number of rotatable bonds is 27. The number of thioether (sulfide) groups is 2. The highest BCUT2D eigenvalue weighted by Crippen LogP contribution is 2.59. The molecule has 2 aliphatic carbocycles. The second-order valence-corrected chi connectivity index (χ2v) is 21.3. The van der Waals surface area contributed by atoms with E-state index in [9.17, 15) is 58.5 Å². The van der Waals surface area contributed by atoms with Gasteiger partial charge in [0.2, 0.25) is 0 Å². The molecule has 22 nitrogen and oxygen atoms in total. The highest BCUT2D eigenvalue weighted by Gasteiger charge is 2.37. The van der Waals surface area contributed by atoms with Gasteiger partial charge in [0.25, 0.3) is 0 Å². The van der Waals surface area contributed by atoms with Crippen LogP contribution in [-0.4, -0.2) is 99.3 Å². The van der Waals surface area contributed by atoms with Crippen LogP contribution in [0, 0.1) is 46.3 Å². The predicted octanol–water partition coefficient (Wildman–Crippen LogP) is 7.89. The minimum atomic E-state index is -0.644. The first-order valence-corrected chi connectivity index (χ1v) is 28.3. The third kappa shape index (κ3) is 20.8. The van der Waals surface area contributed by atoms with Gasteiger partial charge in [0, 0.05) is 25.8 Å². The average molecular weight is 1180 g/mol. The number of benzene rings is 3. The van der Waals surface area contributed by atoms with Gasteiger partial charge in [0.1, 0.15) is 67.1 Å². The maximum absolute atomic E-state index is 13.6. The van der Waals surface area contributed by atoms with Crippen LogP contribution in [-0.2, 0) is 89.2 Å². The van der Waals surface area contributed by atoms with Crippen LogP contribution in [0.1, 0.15) is 95.1 Å². The van der Waals surface area contributed by atoms with Gasteiger partial charge in [-0.25, -0.2) is 4.79 Å². The summed E-state index contributed by atoms with van der Waals surface area (Å²) in [6.07, 6.45) is 3.79. The highest BCUT2D eigenvalue weighted by atomic mass is 32.2. The second kappa shape index (κ2) is 32.8. The first-order valence-electron chi connectivity index (χ1n) is 26.7. The van der Waals surface area contributed by atoms with Gasteiger partial charge < -0.3 is 47.4 Å². The van der Waals surface area contributed by atoms with E-state index in [0.717, 1.165) is 40.7 Å². The maximum atomic E-state index is 13.6. The molecule has 0 spiro atoms. The van der Waals surface area contributed by atoms with E-state index in [1.54, 1.807) is 48.5 Å². The Morgan fingerprint density at radius 3 is 1.13 bits per heavy atom. The van der Waals surface area contributed by atoms with Crippen molar-refractivity contribution in [1.29, 1.82) is 10.5 Å². The Bertz CT molecular complexity index is 2980. The normalized spacial score (nSPS) is 16.8. The van der Waals surface area contributed by atoms with E-state index in [4.69, 9.17) is 42.6 Å². The lowest BCUT2D eigenvalue weighted by Crippen LogP contribution is -2.30. The van der Waals surface area contributed by atoms with Crippen LogP contribution < -0.4 is 18.9 Å². The van der Waals surface area contributed by atoms with E-state index in [-0.39, 0.29) is 82.4 Å². The molecule has 2 fully saturated rings. The Morgan fingerprint density at radius 1 is 0.470 bits per heavy atom. The van der Waals surface area contributed by atoms with E-state index in [1.807, 2.05) is 12.1 Å². The van der Waals surface area contributed by atoms with E-state index < -0.39 is 83.4 Å². The number of carbonyl (C=O) groups excluding carboxylic acids is 10. The van der Waals surface area contributed by atoms with Crippen LogP contribution in [0.5, 0.6) is 23.0 Å². The standard InChI is InChI=1S/C59H60N2O20S2/c1-3-48(63)75-32-33-77-52(67)25-23-50(65)74-29-27-38-6-18-45(19-7-38)79-56(69)40-10-14-42(15-11-40)58(71)81-47-21-20-46(53-54(47)83-59(82-53)43(34-60)35-61)80-57(70)41-12-8-39(9-13-41)55(68)78-44-16-4-37(5-17-44)26-28-73-49(64)22-24-51(66)76-31-30-72-36(2)62/h3-7,16-21,39-42H,1,8-15,22-33H2,2H3. The SMILES string of the molecule is C=CC(=O)OCCOC(=O)CCC(=O)OCCc1ccc(OC(=O)C2CCC(C(=O)Oc3ccc(OC(=O)C4CCC(C(=O)Oc5ccc(CCOC(=O)CCC(=O)OCCOC(C)=O)cc5)CC4)c4c3SC(=C(C#N)C#N)S4)CC2)cc1. The van der Waals surface area contributed by atoms with Crippen LogP contribution in [0.3, 0.4) is 0 Å². The number of esters is 10. The molecule has 0 bridgehead atoms. The molecule has 0 atom stereocenters. The van der Waals surface area contributed by atoms with E-state index >= 15 is 0 Å². The summed E-state index contributed by atoms with van der Waals surface area (Å²) in [5.74, 6) is -6.63. The number of carbonyl (C=O) groups is 10. The second-order valence-electron chi connectivity index (χ2n) is 19.0. The molecule has 0 saturated heterocycles. The molecule has 3 aromatic rings. The summed E-state index contributed by atoms with van der Waals surface area (Å²) in [6, 6.07) is 20.2. The highest BCUT2D eigenvalue weighted by molar-refractivity contribution is 8.24. The van der Waals surface area contributed by atoms with Crippen molar-refractivity contribution in [1.82, 2.24) is 0 Å². The largest absolute Gasteiger partial charge is 0.465 e. The summed E-state index contributed by atoms with van der Waals surface area (Å²) in [7, 11) is 0. The fourth-order valence-electron chi connectivity index (χ4n) is 8.63. The molecule has 24 heteroatoms. The Hall–Kier alpha value is -8.48. The fraction of sp³-hybridized carbons (Fsp3) is 0.424. The quantitative estimate of drug-likeness (QED) is 0.0175. The number of hydrogen-bond acceptors (Lipinski definition) is 24. The van der Waals surface area contributed by atoms with E-state index in [0.29, 0.717) is 89.7 Å². The minimum Gasteiger partial charge on any atom is -0.465 e. The van der Waals surface area contributed by atoms with E-state index in [1.165, 1.54) is 19.1 Å². The molecule has 83 heavy (non-hydrogen) atoms. The number of nitriles is 2. The fourth-order valence-corrected chi connectivity index (χ4v) is 11.1. The van der Waals surface area contributed by atoms with Gasteiger partial charge in [-0.15, -0.1) is 0 Å². The van der Waals surface area contributed by atoms with Crippen LogP contribution in [0.4, 0.5) is 0 Å². The van der Waals surface area contributed by atoms with Gasteiger partial charge in [-0.05, 0) is 98.9 Å². The molecule has 3 aromatic carbocycles. The van der Waals surface area contributed by atoms with Crippen molar-refractivity contribution in [2.24, 2.45) is 23.7 Å². The molecule has 0 amide bonds. The van der Waals surface area contributed by atoms with Gasteiger partial charge >= 0.3 is 59.7 Å². The minimum absolute atomic E-state index is 0.0521. The number of allylic oxidation sites excluding steroid dienone is 1. The van der Waals surface area contributed by atoms with Crippen LogP contribution >= 0.6 is 23.5 Å². The lowest BCUT2D eigenvalue weighted by molar-refractivity contribution is -0.153. The molecular formula is C59H60N2O20S2. The molecule has 0 radical (unpaired) electrons. The zero-order valence-electron chi connectivity index (χ0n) is 45.4. The lowest BCUT2D eigenvalue weighted by Gasteiger charge is -2.26. The summed E-state index contributed by atoms with van der Waals surface area (Å²) in [4.78, 5) is 124. The van der Waals surface area contributed by atoms with Crippen LogP contribution in [0.15, 0.2) is 92.9 Å². The first kappa shape index (κ1) is 63.7. The molecule has 1 aliphatic heterocycles. The van der Waals surface area contributed by atoms with Gasteiger partial charge in [-0.2, -0.15) is 10.5 Å². The number of fused-ring (bicyclic) bond motifs is 1. The van der Waals surface area contributed by atoms with Gasteiger partial charge in [0.15, 0.2) is 0 Å². The third-order valence-corrected chi connectivity index (χ3v) is 15.8. The lowest BCUT2D eigenvalue weighted by atomic mass is 9.82. The molecule has 438 valence electrons. The summed E-state index contributed by atoms with van der Waals surface area (Å²) in [5, 5.41) is 19.4. The average Bonchev–Trinajstić information content (AvgIpc) is 4.21.